The first kappa shape index (κ1) is 16.4. The van der Waals surface area contributed by atoms with E-state index < -0.39 is 0 Å². The maximum atomic E-state index is 12.5. The Morgan fingerprint density at radius 1 is 1.00 bits per heavy atom. The van der Waals surface area contributed by atoms with Gasteiger partial charge in [0.05, 0.1) is 6.20 Å². The minimum atomic E-state index is 0.194. The van der Waals surface area contributed by atoms with Crippen molar-refractivity contribution < 1.29 is 4.79 Å². The summed E-state index contributed by atoms with van der Waals surface area (Å²) in [7, 11) is 0. The van der Waals surface area contributed by atoms with Crippen molar-refractivity contribution in [2.75, 3.05) is 31.1 Å². The van der Waals surface area contributed by atoms with Crippen LogP contribution in [0.5, 0.6) is 0 Å². The van der Waals surface area contributed by atoms with E-state index in [4.69, 9.17) is 0 Å². The first-order valence-electron chi connectivity index (χ1n) is 8.94. The zero-order valence-corrected chi connectivity index (χ0v) is 14.6. The van der Waals surface area contributed by atoms with Gasteiger partial charge in [0.25, 0.3) is 0 Å². The van der Waals surface area contributed by atoms with Gasteiger partial charge in [-0.2, -0.15) is 5.10 Å². The fraction of sp³-hybridized carbons (Fsp3) is 0.300. The van der Waals surface area contributed by atoms with Gasteiger partial charge in [0.1, 0.15) is 0 Å². The summed E-state index contributed by atoms with van der Waals surface area (Å²) in [6, 6.07) is 14.0. The van der Waals surface area contributed by atoms with Crippen molar-refractivity contribution in [1.29, 1.82) is 0 Å². The van der Waals surface area contributed by atoms with E-state index in [2.05, 4.69) is 26.1 Å². The molecule has 0 N–H and O–H groups in total. The highest BCUT2D eigenvalue weighted by molar-refractivity contribution is 5.91. The molecule has 1 aliphatic heterocycles. The monoisotopic (exact) mass is 347 g/mol. The predicted octanol–water partition coefficient (Wildman–Crippen LogP) is 2.31. The molecule has 4 rings (SSSR count). The van der Waals surface area contributed by atoms with E-state index >= 15 is 0 Å². The van der Waals surface area contributed by atoms with Gasteiger partial charge in [-0.3, -0.25) is 9.78 Å². The number of benzene rings is 1. The summed E-state index contributed by atoms with van der Waals surface area (Å²) in [6.07, 6.45) is 4.75. The Bertz CT molecular complexity index is 886. The van der Waals surface area contributed by atoms with Crippen LogP contribution in [0.2, 0.25) is 0 Å². The lowest BCUT2D eigenvalue weighted by Crippen LogP contribution is -2.49. The van der Waals surface area contributed by atoms with Crippen LogP contribution in [0.4, 0.5) is 5.82 Å². The second-order valence-corrected chi connectivity index (χ2v) is 6.44. The van der Waals surface area contributed by atoms with Crippen LogP contribution in [0.3, 0.4) is 0 Å². The maximum absolute atomic E-state index is 12.5. The third-order valence-electron chi connectivity index (χ3n) is 4.80. The third kappa shape index (κ3) is 3.49. The molecule has 3 aromatic rings. The fourth-order valence-electron chi connectivity index (χ4n) is 3.35. The maximum Gasteiger partial charge on any atom is 0.223 e. The van der Waals surface area contributed by atoms with E-state index in [0.29, 0.717) is 25.9 Å². The van der Waals surface area contributed by atoms with Gasteiger partial charge in [-0.1, -0.05) is 30.3 Å². The largest absolute Gasteiger partial charge is 0.351 e. The first-order chi connectivity index (χ1) is 12.8. The number of carbonyl (C=O) groups excluding carboxylic acids is 1. The van der Waals surface area contributed by atoms with Crippen LogP contribution in [-0.2, 0) is 11.2 Å². The molecule has 6 heteroatoms. The van der Waals surface area contributed by atoms with Gasteiger partial charge in [0.2, 0.25) is 5.91 Å². The van der Waals surface area contributed by atoms with Crippen LogP contribution in [0.25, 0.3) is 10.8 Å². The highest BCUT2D eigenvalue weighted by Gasteiger charge is 2.23. The molecule has 6 nitrogen and oxygen atoms in total. The van der Waals surface area contributed by atoms with Crippen molar-refractivity contribution in [3.05, 3.63) is 60.6 Å². The van der Waals surface area contributed by atoms with E-state index in [1.54, 1.807) is 12.4 Å². The quantitative estimate of drug-likeness (QED) is 0.725. The zero-order chi connectivity index (χ0) is 17.8. The summed E-state index contributed by atoms with van der Waals surface area (Å²) >= 11 is 0. The lowest BCUT2D eigenvalue weighted by Gasteiger charge is -2.35. The molecule has 2 aromatic heterocycles. The molecule has 1 fully saturated rings. The Hall–Kier alpha value is -3.02. The van der Waals surface area contributed by atoms with Crippen LogP contribution < -0.4 is 4.90 Å². The molecule has 0 unspecified atom stereocenters. The lowest BCUT2D eigenvalue weighted by atomic mass is 10.1. The SMILES string of the molecule is O=C(CCc1ccccn1)N1CCN(c2nncc3ccccc23)CC1. The second-order valence-electron chi connectivity index (χ2n) is 6.44. The number of nitrogens with zero attached hydrogens (tertiary/aromatic N) is 5. The lowest BCUT2D eigenvalue weighted by molar-refractivity contribution is -0.131. The molecular formula is C20H21N5O. The normalized spacial score (nSPS) is 14.6. The summed E-state index contributed by atoms with van der Waals surface area (Å²) in [4.78, 5) is 20.9. The summed E-state index contributed by atoms with van der Waals surface area (Å²) < 4.78 is 0. The van der Waals surface area contributed by atoms with Crippen LogP contribution >= 0.6 is 0 Å². The highest BCUT2D eigenvalue weighted by Crippen LogP contribution is 2.24. The number of carbonyl (C=O) groups is 1. The molecule has 1 aromatic carbocycles. The summed E-state index contributed by atoms with van der Waals surface area (Å²) in [5.74, 6) is 1.10. The molecule has 3 heterocycles. The molecule has 0 radical (unpaired) electrons. The third-order valence-corrected chi connectivity index (χ3v) is 4.80. The Labute approximate surface area is 152 Å². The van der Waals surface area contributed by atoms with Crippen LogP contribution in [0.1, 0.15) is 12.1 Å². The van der Waals surface area contributed by atoms with E-state index in [0.717, 1.165) is 35.4 Å². The number of pyridine rings is 1. The molecule has 1 amide bonds. The predicted molar refractivity (Wildman–Crippen MR) is 101 cm³/mol. The molecule has 0 bridgehead atoms. The number of aryl methyl sites for hydroxylation is 1. The molecule has 0 saturated carbocycles. The number of piperazine rings is 1. The van der Waals surface area contributed by atoms with E-state index in [9.17, 15) is 4.79 Å². The average Bonchev–Trinajstić information content (AvgIpc) is 2.72. The average molecular weight is 347 g/mol. The Balaban J connectivity index is 1.37. The van der Waals surface area contributed by atoms with Crippen molar-refractivity contribution in [3.8, 4) is 0 Å². The topological polar surface area (TPSA) is 62.2 Å². The van der Waals surface area contributed by atoms with Gasteiger partial charge < -0.3 is 9.80 Å². The van der Waals surface area contributed by atoms with Crippen molar-refractivity contribution in [3.63, 3.8) is 0 Å². The molecule has 0 spiro atoms. The number of fused-ring (bicyclic) bond motifs is 1. The molecule has 1 aliphatic rings. The Kier molecular flexibility index (Phi) is 4.73. The molecule has 0 atom stereocenters. The minimum absolute atomic E-state index is 0.194. The van der Waals surface area contributed by atoms with Gasteiger partial charge in [-0.25, -0.2) is 0 Å². The Morgan fingerprint density at radius 3 is 2.62 bits per heavy atom. The smallest absolute Gasteiger partial charge is 0.223 e. The molecule has 132 valence electrons. The first-order valence-corrected chi connectivity index (χ1v) is 8.94. The van der Waals surface area contributed by atoms with Crippen LogP contribution in [0.15, 0.2) is 54.9 Å². The number of rotatable bonds is 4. The molecule has 26 heavy (non-hydrogen) atoms. The Morgan fingerprint density at radius 2 is 1.81 bits per heavy atom. The number of amides is 1. The van der Waals surface area contributed by atoms with E-state index in [-0.39, 0.29) is 5.91 Å². The number of aromatic nitrogens is 3. The number of hydrogen-bond acceptors (Lipinski definition) is 5. The van der Waals surface area contributed by atoms with Gasteiger partial charge in [-0.15, -0.1) is 5.10 Å². The molecule has 1 saturated heterocycles. The highest BCUT2D eigenvalue weighted by atomic mass is 16.2. The van der Waals surface area contributed by atoms with Gasteiger partial charge in [-0.05, 0) is 18.6 Å². The number of anilines is 1. The fourth-order valence-corrected chi connectivity index (χ4v) is 3.35. The molecular weight excluding hydrogens is 326 g/mol. The van der Waals surface area contributed by atoms with Gasteiger partial charge >= 0.3 is 0 Å². The summed E-state index contributed by atoms with van der Waals surface area (Å²) in [5, 5.41) is 10.7. The van der Waals surface area contributed by atoms with E-state index in [1.807, 2.05) is 41.3 Å². The minimum Gasteiger partial charge on any atom is -0.351 e. The second kappa shape index (κ2) is 7.47. The van der Waals surface area contributed by atoms with E-state index in [1.165, 1.54) is 0 Å². The standard InChI is InChI=1S/C20H21N5O/c26-19(9-8-17-6-3-4-10-21-17)24-11-13-25(14-12-24)20-18-7-2-1-5-16(18)15-22-23-20/h1-7,10,15H,8-9,11-14H2. The van der Waals surface area contributed by atoms with Gasteiger partial charge in [0.15, 0.2) is 5.82 Å². The summed E-state index contributed by atoms with van der Waals surface area (Å²) in [6.45, 7) is 2.98. The van der Waals surface area contributed by atoms with Gasteiger partial charge in [0, 0.05) is 55.3 Å². The van der Waals surface area contributed by atoms with Crippen molar-refractivity contribution in [1.82, 2.24) is 20.1 Å². The molecule has 0 aliphatic carbocycles. The zero-order valence-electron chi connectivity index (χ0n) is 14.6. The van der Waals surface area contributed by atoms with Crippen molar-refractivity contribution in [2.45, 2.75) is 12.8 Å². The van der Waals surface area contributed by atoms with Crippen molar-refractivity contribution in [2.24, 2.45) is 0 Å². The van der Waals surface area contributed by atoms with Crippen LogP contribution in [-0.4, -0.2) is 52.2 Å². The van der Waals surface area contributed by atoms with Crippen LogP contribution in [0, 0.1) is 0 Å². The number of hydrogen-bond donors (Lipinski definition) is 0. The summed E-state index contributed by atoms with van der Waals surface area (Å²) in [5.41, 5.74) is 0.963. The van der Waals surface area contributed by atoms with Crippen molar-refractivity contribution >= 4 is 22.5 Å².